The highest BCUT2D eigenvalue weighted by Crippen LogP contribution is 2.39. The number of anilines is 3. The first kappa shape index (κ1) is 24.4. The molecule has 0 bridgehead atoms. The maximum Gasteiger partial charge on any atom is 0.151 e. The Kier molecular flexibility index (Phi) is 6.23. The van der Waals surface area contributed by atoms with Crippen LogP contribution in [0.1, 0.15) is 31.7 Å². The maximum absolute atomic E-state index is 15.4. The molecule has 2 aromatic heterocycles. The molecule has 0 saturated heterocycles. The Balaban J connectivity index is 1.35. The molecular weight excluding hydrogens is 499 g/mol. The number of fused-ring (bicyclic) bond motifs is 2. The Morgan fingerprint density at radius 3 is 2.58 bits per heavy atom. The van der Waals surface area contributed by atoms with Crippen molar-refractivity contribution < 1.29 is 8.60 Å². The number of hydrogen-bond acceptors (Lipinski definition) is 5. The Morgan fingerprint density at radius 1 is 1.05 bits per heavy atom. The zero-order chi connectivity index (χ0) is 26.4. The molecule has 0 radical (unpaired) electrons. The number of nitrogens with one attached hydrogen (secondary N) is 1. The number of rotatable bonds is 6. The van der Waals surface area contributed by atoms with Crippen molar-refractivity contribution in [3.8, 4) is 11.1 Å². The molecule has 1 aliphatic carbocycles. The second-order valence-electron chi connectivity index (χ2n) is 9.93. The minimum absolute atomic E-state index is 0.164. The van der Waals surface area contributed by atoms with Crippen molar-refractivity contribution in [2.24, 2.45) is 0 Å². The molecule has 1 unspecified atom stereocenters. The van der Waals surface area contributed by atoms with Gasteiger partial charge < -0.3 is 15.2 Å². The van der Waals surface area contributed by atoms with E-state index in [1.165, 1.54) is 25.2 Å². The number of nitrogens with zero attached hydrogens (tertiary/aromatic N) is 4. The highest BCUT2D eigenvalue weighted by atomic mass is 32.2. The highest BCUT2D eigenvalue weighted by Gasteiger charge is 2.23. The topological polar surface area (TPSA) is 89.1 Å². The van der Waals surface area contributed by atoms with Crippen LogP contribution >= 0.6 is 0 Å². The summed E-state index contributed by atoms with van der Waals surface area (Å²) in [5, 5.41) is 2.58. The summed E-state index contributed by atoms with van der Waals surface area (Å²) in [6, 6.07) is 16.8. The number of nitrogen functional groups attached to an aromatic ring is 1. The van der Waals surface area contributed by atoms with E-state index in [2.05, 4.69) is 19.3 Å². The monoisotopic (exact) mass is 528 g/mol. The van der Waals surface area contributed by atoms with Gasteiger partial charge in [-0.2, -0.15) is 0 Å². The van der Waals surface area contributed by atoms with Crippen LogP contribution in [0, 0.1) is 5.82 Å². The lowest BCUT2D eigenvalue weighted by atomic mass is 10.1. The van der Waals surface area contributed by atoms with Crippen LogP contribution in [0.5, 0.6) is 0 Å². The molecule has 0 aliphatic heterocycles. The first-order valence-electron chi connectivity index (χ1n) is 12.7. The summed E-state index contributed by atoms with van der Waals surface area (Å²) < 4.78 is 33.8. The zero-order valence-electron chi connectivity index (χ0n) is 21.3. The van der Waals surface area contributed by atoms with Gasteiger partial charge >= 0.3 is 0 Å². The van der Waals surface area contributed by atoms with E-state index in [1.54, 1.807) is 12.1 Å². The Morgan fingerprint density at radius 2 is 1.82 bits per heavy atom. The molecule has 3 N–H and O–H groups in total. The fourth-order valence-corrected chi connectivity index (χ4v) is 6.58. The molecule has 2 heterocycles. The average Bonchev–Trinajstić information content (AvgIpc) is 3.58. The SMILES string of the molecule is CN(C)c1cccc2c(S(=O)Nc3ccc(-c4cn(C5CCCC5)c5ncnc(N)c45)cc3F)cccc12. The van der Waals surface area contributed by atoms with Gasteiger partial charge in [0.05, 0.1) is 16.0 Å². The molecule has 0 amide bonds. The lowest BCUT2D eigenvalue weighted by molar-refractivity contribution is 0.532. The number of benzene rings is 3. The van der Waals surface area contributed by atoms with Crippen molar-refractivity contribution in [3.63, 3.8) is 0 Å². The van der Waals surface area contributed by atoms with Gasteiger partial charge in [-0.1, -0.05) is 43.2 Å². The van der Waals surface area contributed by atoms with E-state index in [0.29, 0.717) is 22.3 Å². The predicted octanol–water partition coefficient (Wildman–Crippen LogP) is 6.29. The number of hydrogen-bond donors (Lipinski definition) is 2. The second-order valence-corrected chi connectivity index (χ2v) is 11.1. The fourth-order valence-electron chi connectivity index (χ4n) is 5.52. The van der Waals surface area contributed by atoms with Crippen molar-refractivity contribution in [1.29, 1.82) is 0 Å². The third-order valence-electron chi connectivity index (χ3n) is 7.38. The Labute approximate surface area is 223 Å². The van der Waals surface area contributed by atoms with E-state index in [-0.39, 0.29) is 5.69 Å². The Bertz CT molecular complexity index is 1690. The summed E-state index contributed by atoms with van der Waals surface area (Å²) >= 11 is 0. The quantitative estimate of drug-likeness (QED) is 0.270. The van der Waals surface area contributed by atoms with Crippen molar-refractivity contribution in [3.05, 3.63) is 72.9 Å². The van der Waals surface area contributed by atoms with E-state index < -0.39 is 16.8 Å². The van der Waals surface area contributed by atoms with Gasteiger partial charge in [0.1, 0.15) is 23.6 Å². The molecule has 1 aliphatic rings. The third kappa shape index (κ3) is 4.16. The van der Waals surface area contributed by atoms with Crippen LogP contribution in [0.15, 0.2) is 72.0 Å². The van der Waals surface area contributed by atoms with Gasteiger partial charge in [-0.15, -0.1) is 0 Å². The normalized spacial score (nSPS) is 14.8. The van der Waals surface area contributed by atoms with Gasteiger partial charge in [0.25, 0.3) is 0 Å². The maximum atomic E-state index is 15.4. The molecular formula is C29H29FN6OS. The largest absolute Gasteiger partial charge is 0.383 e. The van der Waals surface area contributed by atoms with Crippen LogP contribution in [0.2, 0.25) is 0 Å². The van der Waals surface area contributed by atoms with Gasteiger partial charge in [0.15, 0.2) is 11.0 Å². The molecule has 3 aromatic carbocycles. The Hall–Kier alpha value is -3.98. The number of nitrogens with two attached hydrogens (primary N) is 1. The lowest BCUT2D eigenvalue weighted by Crippen LogP contribution is -2.10. The van der Waals surface area contributed by atoms with Gasteiger partial charge in [-0.05, 0) is 42.7 Å². The molecule has 0 spiro atoms. The molecule has 38 heavy (non-hydrogen) atoms. The van der Waals surface area contributed by atoms with Crippen LogP contribution < -0.4 is 15.4 Å². The minimum Gasteiger partial charge on any atom is -0.383 e. The second kappa shape index (κ2) is 9.72. The van der Waals surface area contributed by atoms with Crippen molar-refractivity contribution >= 4 is 50.0 Å². The molecule has 1 fully saturated rings. The standard InChI is InChI=1S/C29H29FN6OS/c1-35(2)25-11-5-10-21-20(25)9-6-12-26(21)38(37)34-24-14-13-18(15-23(24)30)22-16-36(19-7-3-4-8-19)29-27(22)28(31)32-17-33-29/h5-6,9-17,19,34H,3-4,7-8H2,1-2H3,(H2,31,32,33). The van der Waals surface area contributed by atoms with Gasteiger partial charge in [-0.25, -0.2) is 18.6 Å². The molecule has 1 saturated carbocycles. The summed E-state index contributed by atoms with van der Waals surface area (Å²) in [7, 11) is 2.27. The van der Waals surface area contributed by atoms with Gasteiger partial charge in [0, 0.05) is 48.4 Å². The molecule has 194 valence electrons. The number of halogens is 1. The van der Waals surface area contributed by atoms with E-state index in [4.69, 9.17) is 5.73 Å². The number of aromatic nitrogens is 3. The van der Waals surface area contributed by atoms with Crippen molar-refractivity contribution in [1.82, 2.24) is 14.5 Å². The summed E-state index contributed by atoms with van der Waals surface area (Å²) in [4.78, 5) is 11.3. The molecule has 1 atom stereocenters. The van der Waals surface area contributed by atoms with Crippen molar-refractivity contribution in [2.75, 3.05) is 29.5 Å². The smallest absolute Gasteiger partial charge is 0.151 e. The molecule has 6 rings (SSSR count). The predicted molar refractivity (Wildman–Crippen MR) is 153 cm³/mol. The summed E-state index contributed by atoms with van der Waals surface area (Å²) in [6.45, 7) is 0. The minimum atomic E-state index is -1.67. The van der Waals surface area contributed by atoms with Crippen LogP contribution in [0.25, 0.3) is 32.9 Å². The van der Waals surface area contributed by atoms with E-state index in [9.17, 15) is 4.21 Å². The molecule has 7 nitrogen and oxygen atoms in total. The summed E-state index contributed by atoms with van der Waals surface area (Å²) in [5.41, 5.74) is 9.69. The van der Waals surface area contributed by atoms with Crippen LogP contribution in [-0.4, -0.2) is 32.8 Å². The molecule has 9 heteroatoms. The van der Waals surface area contributed by atoms with Crippen LogP contribution in [-0.2, 0) is 11.0 Å². The van der Waals surface area contributed by atoms with E-state index >= 15 is 4.39 Å². The summed E-state index contributed by atoms with van der Waals surface area (Å²) in [5.74, 6) is -0.124. The lowest BCUT2D eigenvalue weighted by Gasteiger charge is -2.17. The zero-order valence-corrected chi connectivity index (χ0v) is 22.1. The van der Waals surface area contributed by atoms with Gasteiger partial charge in [-0.3, -0.25) is 4.72 Å². The van der Waals surface area contributed by atoms with E-state index in [0.717, 1.165) is 45.9 Å². The van der Waals surface area contributed by atoms with Gasteiger partial charge in [0.2, 0.25) is 0 Å². The third-order valence-corrected chi connectivity index (χ3v) is 8.54. The van der Waals surface area contributed by atoms with E-state index in [1.807, 2.05) is 61.6 Å². The molecule has 5 aromatic rings. The van der Waals surface area contributed by atoms with Crippen LogP contribution in [0.4, 0.5) is 21.6 Å². The highest BCUT2D eigenvalue weighted by molar-refractivity contribution is 7.86. The van der Waals surface area contributed by atoms with Crippen LogP contribution in [0.3, 0.4) is 0 Å². The first-order chi connectivity index (χ1) is 18.4. The first-order valence-corrected chi connectivity index (χ1v) is 13.9. The summed E-state index contributed by atoms with van der Waals surface area (Å²) in [6.07, 6.45) is 8.02. The fraction of sp³-hybridized carbons (Fsp3) is 0.241. The average molecular weight is 529 g/mol. The van der Waals surface area contributed by atoms with Crippen molar-refractivity contribution in [2.45, 2.75) is 36.6 Å².